The van der Waals surface area contributed by atoms with Crippen LogP contribution >= 0.6 is 0 Å². The largest absolute Gasteiger partial charge is 0.431 e. The lowest BCUT2D eigenvalue weighted by atomic mass is 9.40. The lowest BCUT2D eigenvalue weighted by Gasteiger charge is -2.64. The van der Waals surface area contributed by atoms with Gasteiger partial charge in [-0.3, -0.25) is 0 Å². The molecule has 1 aromatic heterocycles. The van der Waals surface area contributed by atoms with Gasteiger partial charge < -0.3 is 9.52 Å². The van der Waals surface area contributed by atoms with Crippen molar-refractivity contribution < 1.29 is 9.52 Å². The highest BCUT2D eigenvalue weighted by Gasteiger charge is 2.65. The molecule has 0 radical (unpaired) electrons. The molecule has 5 rings (SSSR count). The van der Waals surface area contributed by atoms with E-state index in [1.165, 1.54) is 50.5 Å². The van der Waals surface area contributed by atoms with Crippen LogP contribution in [0.2, 0.25) is 0 Å². The maximum absolute atomic E-state index is 11.5. The smallest absolute Gasteiger partial charge is 0.335 e. The summed E-state index contributed by atoms with van der Waals surface area (Å²) in [5, 5.41) is 10.2. The average molecular weight is 385 g/mol. The first-order valence-electron chi connectivity index (χ1n) is 11.5. The molecule has 0 unspecified atom stereocenters. The number of fused-ring (bicyclic) bond motifs is 5. The normalized spacial score (nSPS) is 50.5. The van der Waals surface area contributed by atoms with E-state index in [1.54, 1.807) is 12.3 Å². The Hall–Kier alpha value is -1.09. The van der Waals surface area contributed by atoms with Crippen LogP contribution in [0.1, 0.15) is 90.0 Å². The molecule has 4 saturated carbocycles. The summed E-state index contributed by atoms with van der Waals surface area (Å²) in [6.07, 6.45) is 12.6. The first kappa shape index (κ1) is 18.9. The molecule has 0 bridgehead atoms. The van der Waals surface area contributed by atoms with Gasteiger partial charge in [-0.05, 0) is 109 Å². The highest BCUT2D eigenvalue weighted by Crippen LogP contribution is 2.74. The molecule has 4 aliphatic rings. The lowest BCUT2D eigenvalue weighted by molar-refractivity contribution is -0.157. The van der Waals surface area contributed by atoms with Gasteiger partial charge in [0.2, 0.25) is 0 Å². The van der Waals surface area contributed by atoms with Gasteiger partial charge in [0, 0.05) is 6.07 Å². The summed E-state index contributed by atoms with van der Waals surface area (Å²) in [5.74, 6) is 2.82. The predicted molar refractivity (Wildman–Crippen MR) is 110 cm³/mol. The number of hydrogen-bond acceptors (Lipinski definition) is 3. The SMILES string of the molecule is C[C@]12CC[C@H](O)C[C@H]1CC[C@@H]1[C@@H]2CC[C@]2(C)[C@@H](c3ccc(=O)oc3)CC[C@]12C. The molecule has 0 spiro atoms. The van der Waals surface area contributed by atoms with Crippen molar-refractivity contribution in [3.63, 3.8) is 0 Å². The molecule has 0 aromatic carbocycles. The Kier molecular flexibility index (Phi) is 4.19. The molecule has 1 N–H and O–H groups in total. The van der Waals surface area contributed by atoms with Crippen LogP contribution < -0.4 is 5.63 Å². The van der Waals surface area contributed by atoms with E-state index in [2.05, 4.69) is 20.8 Å². The van der Waals surface area contributed by atoms with Gasteiger partial charge in [0.15, 0.2) is 0 Å². The third kappa shape index (κ3) is 2.41. The van der Waals surface area contributed by atoms with Crippen molar-refractivity contribution in [3.05, 3.63) is 34.4 Å². The van der Waals surface area contributed by atoms with Crippen molar-refractivity contribution >= 4 is 0 Å². The van der Waals surface area contributed by atoms with E-state index >= 15 is 0 Å². The molecule has 0 saturated heterocycles. The molecule has 3 heteroatoms. The third-order valence-corrected chi connectivity index (χ3v) is 10.6. The zero-order chi connectivity index (χ0) is 19.7. The Morgan fingerprint density at radius 1 is 0.929 bits per heavy atom. The van der Waals surface area contributed by atoms with E-state index in [1.807, 2.05) is 6.07 Å². The van der Waals surface area contributed by atoms with Crippen LogP contribution in [0.3, 0.4) is 0 Å². The minimum absolute atomic E-state index is 0.0670. The molecule has 1 aromatic rings. The Labute approximate surface area is 168 Å². The Balaban J connectivity index is 1.48. The van der Waals surface area contributed by atoms with E-state index < -0.39 is 0 Å². The fourth-order valence-electron chi connectivity index (χ4n) is 8.74. The molecular formula is C25H36O3. The van der Waals surface area contributed by atoms with E-state index in [0.717, 1.165) is 24.7 Å². The summed E-state index contributed by atoms with van der Waals surface area (Å²) in [5.41, 5.74) is 2.05. The van der Waals surface area contributed by atoms with E-state index in [9.17, 15) is 9.90 Å². The van der Waals surface area contributed by atoms with Gasteiger partial charge in [-0.2, -0.15) is 0 Å². The molecule has 0 amide bonds. The second kappa shape index (κ2) is 6.20. The molecule has 0 aliphatic heterocycles. The van der Waals surface area contributed by atoms with Crippen molar-refractivity contribution in [1.82, 2.24) is 0 Å². The van der Waals surface area contributed by atoms with Gasteiger partial charge >= 0.3 is 5.63 Å². The molecule has 4 aliphatic carbocycles. The monoisotopic (exact) mass is 384 g/mol. The van der Waals surface area contributed by atoms with Crippen molar-refractivity contribution in [2.75, 3.05) is 0 Å². The molecule has 4 fully saturated rings. The standard InChI is InChI=1S/C25H36O3/c1-23-11-8-18(26)14-17(23)5-6-21-20(23)10-13-24(2)19(9-12-25(21,24)3)16-4-7-22(27)28-15-16/h4,7,15,17-21,26H,5-6,8-14H2,1-3H3/t17-,18+,19-,20+,21-,23+,24-,25-/m1/s1. The van der Waals surface area contributed by atoms with Crippen molar-refractivity contribution in [1.29, 1.82) is 0 Å². The topological polar surface area (TPSA) is 50.4 Å². The quantitative estimate of drug-likeness (QED) is 0.694. The van der Waals surface area contributed by atoms with Gasteiger partial charge in [0.25, 0.3) is 0 Å². The summed E-state index contributed by atoms with van der Waals surface area (Å²) in [6.45, 7) is 7.68. The number of hydrogen-bond donors (Lipinski definition) is 1. The number of aliphatic hydroxyl groups excluding tert-OH is 1. The van der Waals surface area contributed by atoms with Gasteiger partial charge in [0.05, 0.1) is 12.4 Å². The Bertz CT molecular complexity index is 794. The maximum Gasteiger partial charge on any atom is 0.335 e. The average Bonchev–Trinajstić information content (AvgIpc) is 2.95. The van der Waals surface area contributed by atoms with E-state index in [0.29, 0.717) is 22.7 Å². The fraction of sp³-hybridized carbons (Fsp3) is 0.800. The van der Waals surface area contributed by atoms with E-state index in [4.69, 9.17) is 4.42 Å². The van der Waals surface area contributed by atoms with E-state index in [-0.39, 0.29) is 17.1 Å². The zero-order valence-corrected chi connectivity index (χ0v) is 17.7. The Morgan fingerprint density at radius 2 is 1.71 bits per heavy atom. The van der Waals surface area contributed by atoms with Gasteiger partial charge in [-0.25, -0.2) is 4.79 Å². The zero-order valence-electron chi connectivity index (χ0n) is 17.7. The summed E-state index contributed by atoms with van der Waals surface area (Å²) in [6, 6.07) is 3.61. The highest BCUT2D eigenvalue weighted by molar-refractivity contribution is 5.25. The van der Waals surface area contributed by atoms with Crippen LogP contribution in [0.4, 0.5) is 0 Å². The Morgan fingerprint density at radius 3 is 2.46 bits per heavy atom. The van der Waals surface area contributed by atoms with Gasteiger partial charge in [-0.15, -0.1) is 0 Å². The van der Waals surface area contributed by atoms with Crippen LogP contribution in [-0.2, 0) is 0 Å². The van der Waals surface area contributed by atoms with Crippen LogP contribution in [0.5, 0.6) is 0 Å². The summed E-state index contributed by atoms with van der Waals surface area (Å²) in [4.78, 5) is 11.5. The minimum Gasteiger partial charge on any atom is -0.431 e. The van der Waals surface area contributed by atoms with Crippen LogP contribution in [0, 0.1) is 34.0 Å². The lowest BCUT2D eigenvalue weighted by Crippen LogP contribution is -2.57. The van der Waals surface area contributed by atoms with Crippen LogP contribution in [0.15, 0.2) is 27.6 Å². The maximum atomic E-state index is 11.5. The molecule has 1 heterocycles. The van der Waals surface area contributed by atoms with Crippen molar-refractivity contribution in [3.8, 4) is 0 Å². The molecule has 28 heavy (non-hydrogen) atoms. The summed E-state index contributed by atoms with van der Waals surface area (Å²) >= 11 is 0. The number of aliphatic hydroxyl groups is 1. The first-order valence-corrected chi connectivity index (χ1v) is 11.5. The third-order valence-electron chi connectivity index (χ3n) is 10.6. The fourth-order valence-corrected chi connectivity index (χ4v) is 8.74. The summed E-state index contributed by atoms with van der Waals surface area (Å²) < 4.78 is 5.25. The van der Waals surface area contributed by atoms with Crippen LogP contribution in [-0.4, -0.2) is 11.2 Å². The number of rotatable bonds is 1. The second-order valence-corrected chi connectivity index (χ2v) is 11.3. The molecular weight excluding hydrogens is 348 g/mol. The van der Waals surface area contributed by atoms with Gasteiger partial charge in [0.1, 0.15) is 0 Å². The van der Waals surface area contributed by atoms with Crippen LogP contribution in [0.25, 0.3) is 0 Å². The molecule has 3 nitrogen and oxygen atoms in total. The molecule has 8 atom stereocenters. The minimum atomic E-state index is -0.246. The van der Waals surface area contributed by atoms with Crippen molar-refractivity contribution in [2.24, 2.45) is 34.0 Å². The highest BCUT2D eigenvalue weighted by atomic mass is 16.4. The predicted octanol–water partition coefficient (Wildman–Crippen LogP) is 5.52. The second-order valence-electron chi connectivity index (χ2n) is 11.3. The first-order chi connectivity index (χ1) is 13.3. The van der Waals surface area contributed by atoms with Gasteiger partial charge in [-0.1, -0.05) is 20.8 Å². The molecule has 154 valence electrons. The van der Waals surface area contributed by atoms with Crippen molar-refractivity contribution in [2.45, 2.75) is 90.6 Å². The summed E-state index contributed by atoms with van der Waals surface area (Å²) in [7, 11) is 0.